The van der Waals surface area contributed by atoms with E-state index >= 15 is 0 Å². The summed E-state index contributed by atoms with van der Waals surface area (Å²) in [6.07, 6.45) is 2.10. The van der Waals surface area contributed by atoms with Crippen LogP contribution in [0.4, 0.5) is 0 Å². The Kier molecular flexibility index (Phi) is 4.15. The van der Waals surface area contributed by atoms with Crippen molar-refractivity contribution < 1.29 is 9.59 Å². The summed E-state index contributed by atoms with van der Waals surface area (Å²) in [5, 5.41) is 0. The van der Waals surface area contributed by atoms with Gasteiger partial charge >= 0.3 is 0 Å². The molecule has 0 saturated carbocycles. The number of amides is 1. The quantitative estimate of drug-likeness (QED) is 0.467. The number of carbonyl (C=O) groups is 1. The van der Waals surface area contributed by atoms with Crippen LogP contribution in [0.1, 0.15) is 20.3 Å². The number of isocyanates is 1. The molecule has 0 spiro atoms. The van der Waals surface area contributed by atoms with Crippen LogP contribution < -0.4 is 5.73 Å². The molecule has 0 aliphatic rings. The van der Waals surface area contributed by atoms with Gasteiger partial charge in [0.05, 0.1) is 0 Å². The average molecular weight is 156 g/mol. The third-order valence-electron chi connectivity index (χ3n) is 1.67. The zero-order valence-corrected chi connectivity index (χ0v) is 6.70. The van der Waals surface area contributed by atoms with Crippen LogP contribution in [0.3, 0.4) is 0 Å². The molecule has 11 heavy (non-hydrogen) atoms. The molecule has 0 aromatic heterocycles. The zero-order valence-electron chi connectivity index (χ0n) is 6.70. The second-order valence-corrected chi connectivity index (χ2v) is 2.45. The molecule has 0 radical (unpaired) electrons. The summed E-state index contributed by atoms with van der Waals surface area (Å²) in [5.74, 6) is -0.559. The van der Waals surface area contributed by atoms with Crippen molar-refractivity contribution in [3.05, 3.63) is 0 Å². The Morgan fingerprint density at radius 1 is 1.73 bits per heavy atom. The Hall–Kier alpha value is -1.15. The van der Waals surface area contributed by atoms with Crippen LogP contribution in [0, 0.1) is 5.92 Å². The highest BCUT2D eigenvalue weighted by Crippen LogP contribution is 2.09. The van der Waals surface area contributed by atoms with Gasteiger partial charge in [0.25, 0.3) is 0 Å². The van der Waals surface area contributed by atoms with Crippen molar-refractivity contribution in [2.45, 2.75) is 26.3 Å². The topological polar surface area (TPSA) is 72.5 Å². The van der Waals surface area contributed by atoms with Crippen molar-refractivity contribution in [3.8, 4) is 0 Å². The number of rotatable bonds is 4. The van der Waals surface area contributed by atoms with Crippen molar-refractivity contribution in [2.75, 3.05) is 0 Å². The molecule has 0 aromatic carbocycles. The Bertz CT molecular complexity index is 183. The van der Waals surface area contributed by atoms with E-state index in [1.54, 1.807) is 0 Å². The van der Waals surface area contributed by atoms with E-state index in [2.05, 4.69) is 4.99 Å². The van der Waals surface area contributed by atoms with Crippen molar-refractivity contribution in [2.24, 2.45) is 16.6 Å². The molecule has 4 heteroatoms. The van der Waals surface area contributed by atoms with Crippen LogP contribution in [0.15, 0.2) is 4.99 Å². The normalized spacial score (nSPS) is 14.7. The van der Waals surface area contributed by atoms with Crippen molar-refractivity contribution >= 4 is 12.0 Å². The van der Waals surface area contributed by atoms with Gasteiger partial charge in [-0.25, -0.2) is 4.79 Å². The highest BCUT2D eigenvalue weighted by atomic mass is 16.1. The number of hydrogen-bond donors (Lipinski definition) is 1. The van der Waals surface area contributed by atoms with E-state index in [0.717, 1.165) is 6.42 Å². The second-order valence-electron chi connectivity index (χ2n) is 2.45. The molecular weight excluding hydrogens is 144 g/mol. The van der Waals surface area contributed by atoms with Crippen LogP contribution in [-0.4, -0.2) is 18.0 Å². The van der Waals surface area contributed by atoms with Gasteiger partial charge < -0.3 is 5.73 Å². The Labute approximate surface area is 65.5 Å². The van der Waals surface area contributed by atoms with Crippen LogP contribution >= 0.6 is 0 Å². The lowest BCUT2D eigenvalue weighted by Gasteiger charge is -2.12. The summed E-state index contributed by atoms with van der Waals surface area (Å²) in [6, 6.07) is -0.711. The first-order valence-electron chi connectivity index (χ1n) is 3.49. The van der Waals surface area contributed by atoms with Gasteiger partial charge in [0.15, 0.2) is 0 Å². The molecule has 0 bridgehead atoms. The first-order valence-corrected chi connectivity index (χ1v) is 3.49. The minimum absolute atomic E-state index is 0.00829. The van der Waals surface area contributed by atoms with Gasteiger partial charge in [-0.2, -0.15) is 4.99 Å². The smallest absolute Gasteiger partial charge is 0.243 e. The summed E-state index contributed by atoms with van der Waals surface area (Å²) < 4.78 is 0. The fourth-order valence-corrected chi connectivity index (χ4v) is 0.751. The zero-order chi connectivity index (χ0) is 8.85. The molecule has 0 aromatic rings. The molecule has 62 valence electrons. The lowest BCUT2D eigenvalue weighted by Crippen LogP contribution is -2.32. The van der Waals surface area contributed by atoms with Gasteiger partial charge in [-0.15, -0.1) is 0 Å². The molecule has 2 N–H and O–H groups in total. The molecule has 0 heterocycles. The lowest BCUT2D eigenvalue weighted by molar-refractivity contribution is -0.120. The van der Waals surface area contributed by atoms with E-state index in [0.29, 0.717) is 0 Å². The van der Waals surface area contributed by atoms with Gasteiger partial charge in [0.2, 0.25) is 12.0 Å². The molecule has 0 unspecified atom stereocenters. The lowest BCUT2D eigenvalue weighted by atomic mass is 9.99. The number of aliphatic imine (C=N–C) groups is 1. The highest BCUT2D eigenvalue weighted by molar-refractivity contribution is 5.81. The number of primary amides is 1. The van der Waals surface area contributed by atoms with Gasteiger partial charge in [-0.3, -0.25) is 4.79 Å². The van der Waals surface area contributed by atoms with E-state index in [-0.39, 0.29) is 5.92 Å². The predicted molar refractivity (Wildman–Crippen MR) is 40.6 cm³/mol. The standard InChI is InChI=1S/C7H12N2O2/c1-3-5(2)6(7(8)11)9-4-10/h5-6H,3H2,1-2H3,(H2,8,11)/t5-,6-/m0/s1. The highest BCUT2D eigenvalue weighted by Gasteiger charge is 2.20. The SMILES string of the molecule is CC[C@H](C)[C@H](N=C=O)C(N)=O. The molecule has 0 saturated heterocycles. The second kappa shape index (κ2) is 4.63. The molecular formula is C7H12N2O2. The molecule has 0 rings (SSSR count). The fraction of sp³-hybridized carbons (Fsp3) is 0.714. The summed E-state index contributed by atoms with van der Waals surface area (Å²) in [6.45, 7) is 3.72. The summed E-state index contributed by atoms with van der Waals surface area (Å²) in [5.41, 5.74) is 4.99. The molecule has 4 nitrogen and oxygen atoms in total. The molecule has 0 aliphatic carbocycles. The number of carbonyl (C=O) groups excluding carboxylic acids is 2. The van der Waals surface area contributed by atoms with E-state index in [1.807, 2.05) is 13.8 Å². The monoisotopic (exact) mass is 156 g/mol. The Morgan fingerprint density at radius 2 is 2.27 bits per heavy atom. The number of nitrogens with zero attached hydrogens (tertiary/aromatic N) is 1. The first-order chi connectivity index (χ1) is 5.13. The molecule has 0 fully saturated rings. The summed E-state index contributed by atoms with van der Waals surface area (Å²) >= 11 is 0. The third-order valence-corrected chi connectivity index (χ3v) is 1.67. The largest absolute Gasteiger partial charge is 0.368 e. The predicted octanol–water partition coefficient (Wildman–Crippen LogP) is 0.222. The van der Waals surface area contributed by atoms with Crippen molar-refractivity contribution in [1.82, 2.24) is 0 Å². The van der Waals surface area contributed by atoms with E-state index < -0.39 is 11.9 Å². The van der Waals surface area contributed by atoms with Gasteiger partial charge in [0.1, 0.15) is 6.04 Å². The minimum Gasteiger partial charge on any atom is -0.368 e. The first kappa shape index (κ1) is 9.85. The fourth-order valence-electron chi connectivity index (χ4n) is 0.751. The van der Waals surface area contributed by atoms with E-state index in [1.165, 1.54) is 6.08 Å². The number of hydrogen-bond acceptors (Lipinski definition) is 3. The van der Waals surface area contributed by atoms with Crippen LogP contribution in [0.25, 0.3) is 0 Å². The summed E-state index contributed by atoms with van der Waals surface area (Å²) in [7, 11) is 0. The van der Waals surface area contributed by atoms with Crippen LogP contribution in [-0.2, 0) is 9.59 Å². The molecule has 0 aliphatic heterocycles. The van der Waals surface area contributed by atoms with E-state index in [4.69, 9.17) is 5.73 Å². The number of nitrogens with two attached hydrogens (primary N) is 1. The van der Waals surface area contributed by atoms with Gasteiger partial charge in [-0.1, -0.05) is 20.3 Å². The summed E-state index contributed by atoms with van der Waals surface area (Å²) in [4.78, 5) is 23.8. The van der Waals surface area contributed by atoms with Gasteiger partial charge in [0, 0.05) is 0 Å². The average Bonchev–Trinajstić information content (AvgIpc) is 1.98. The van der Waals surface area contributed by atoms with Gasteiger partial charge in [-0.05, 0) is 5.92 Å². The van der Waals surface area contributed by atoms with Crippen LogP contribution in [0.5, 0.6) is 0 Å². The third kappa shape index (κ3) is 2.96. The van der Waals surface area contributed by atoms with E-state index in [9.17, 15) is 9.59 Å². The Balaban J connectivity index is 4.32. The van der Waals surface area contributed by atoms with Crippen LogP contribution in [0.2, 0.25) is 0 Å². The maximum Gasteiger partial charge on any atom is 0.243 e. The van der Waals surface area contributed by atoms with Crippen molar-refractivity contribution in [1.29, 1.82) is 0 Å². The maximum absolute atomic E-state index is 10.6. The molecule has 1 amide bonds. The van der Waals surface area contributed by atoms with Crippen molar-refractivity contribution in [3.63, 3.8) is 0 Å². The maximum atomic E-state index is 10.6. The molecule has 2 atom stereocenters. The minimum atomic E-state index is -0.711. The Morgan fingerprint density at radius 3 is 2.55 bits per heavy atom.